The van der Waals surface area contributed by atoms with Crippen molar-refractivity contribution in [3.05, 3.63) is 29.8 Å². The minimum Gasteiger partial charge on any atom is -0.352 e. The van der Waals surface area contributed by atoms with Crippen molar-refractivity contribution in [3.8, 4) is 0 Å². The number of thiol groups is 1. The van der Waals surface area contributed by atoms with Crippen molar-refractivity contribution in [1.82, 2.24) is 10.2 Å². The van der Waals surface area contributed by atoms with Gasteiger partial charge in [0.1, 0.15) is 5.54 Å². The lowest BCUT2D eigenvalue weighted by atomic mass is 9.97. The highest BCUT2D eigenvalue weighted by Gasteiger charge is 2.40. The Bertz CT molecular complexity index is 497. The van der Waals surface area contributed by atoms with E-state index in [4.69, 9.17) is 0 Å². The van der Waals surface area contributed by atoms with Gasteiger partial charge in [-0.2, -0.15) is 0 Å². The van der Waals surface area contributed by atoms with Gasteiger partial charge in [0, 0.05) is 18.0 Å². The van der Waals surface area contributed by atoms with Crippen molar-refractivity contribution in [3.63, 3.8) is 0 Å². The molecule has 5 heteroatoms. The van der Waals surface area contributed by atoms with E-state index >= 15 is 0 Å². The number of carbonyl (C=O) groups excluding carboxylic acids is 2. The van der Waals surface area contributed by atoms with Gasteiger partial charge in [0.15, 0.2) is 0 Å². The Morgan fingerprint density at radius 1 is 1.37 bits per heavy atom. The molecule has 0 unspecified atom stereocenters. The van der Waals surface area contributed by atoms with E-state index in [0.29, 0.717) is 19.5 Å². The molecule has 1 aliphatic rings. The molecule has 1 aromatic carbocycles. The lowest BCUT2D eigenvalue weighted by molar-refractivity contribution is -0.148. The Labute approximate surface area is 118 Å². The molecule has 102 valence electrons. The number of rotatable bonds is 2. The summed E-state index contributed by atoms with van der Waals surface area (Å²) in [7, 11) is 0. The smallest absolute Gasteiger partial charge is 0.245 e. The number of amides is 2. The highest BCUT2D eigenvalue weighted by molar-refractivity contribution is 7.80. The summed E-state index contributed by atoms with van der Waals surface area (Å²) in [5.41, 5.74) is 0.156. The van der Waals surface area contributed by atoms with Crippen LogP contribution in [0.1, 0.15) is 19.4 Å². The number of piperazine rings is 1. The van der Waals surface area contributed by atoms with Gasteiger partial charge in [-0.3, -0.25) is 9.59 Å². The second-order valence-corrected chi connectivity index (χ2v) is 5.72. The van der Waals surface area contributed by atoms with Gasteiger partial charge in [0.05, 0.1) is 6.42 Å². The highest BCUT2D eigenvalue weighted by Crippen LogP contribution is 2.19. The van der Waals surface area contributed by atoms with Crippen LogP contribution in [0.5, 0.6) is 0 Å². The summed E-state index contributed by atoms with van der Waals surface area (Å²) in [5, 5.41) is 2.79. The van der Waals surface area contributed by atoms with Gasteiger partial charge in [0.2, 0.25) is 11.8 Å². The lowest BCUT2D eigenvalue weighted by Gasteiger charge is -2.41. The van der Waals surface area contributed by atoms with Crippen LogP contribution >= 0.6 is 12.6 Å². The summed E-state index contributed by atoms with van der Waals surface area (Å²) < 4.78 is 0. The second kappa shape index (κ2) is 5.25. The van der Waals surface area contributed by atoms with E-state index in [9.17, 15) is 9.59 Å². The maximum atomic E-state index is 12.3. The summed E-state index contributed by atoms with van der Waals surface area (Å²) >= 11 is 4.21. The van der Waals surface area contributed by atoms with Crippen LogP contribution in [-0.4, -0.2) is 35.3 Å². The number of carbonyl (C=O) groups is 2. The molecule has 4 nitrogen and oxygen atoms in total. The normalized spacial score (nSPS) is 18.1. The summed E-state index contributed by atoms with van der Waals surface area (Å²) in [6, 6.07) is 7.49. The van der Waals surface area contributed by atoms with Gasteiger partial charge in [-0.15, -0.1) is 12.6 Å². The first-order valence-corrected chi connectivity index (χ1v) is 6.72. The first kappa shape index (κ1) is 13.9. The molecule has 1 aromatic rings. The molecule has 0 aliphatic carbocycles. The van der Waals surface area contributed by atoms with Crippen LogP contribution in [0, 0.1) is 0 Å². The Balaban J connectivity index is 2.11. The largest absolute Gasteiger partial charge is 0.352 e. The monoisotopic (exact) mass is 278 g/mol. The van der Waals surface area contributed by atoms with Crippen molar-refractivity contribution >= 4 is 24.4 Å². The zero-order chi connectivity index (χ0) is 14.0. The molecule has 1 saturated heterocycles. The maximum Gasteiger partial charge on any atom is 0.245 e. The van der Waals surface area contributed by atoms with E-state index in [1.54, 1.807) is 18.7 Å². The van der Waals surface area contributed by atoms with E-state index in [-0.39, 0.29) is 11.8 Å². The molecular weight excluding hydrogens is 260 g/mol. The van der Waals surface area contributed by atoms with E-state index in [0.717, 1.165) is 10.5 Å². The van der Waals surface area contributed by atoms with Gasteiger partial charge in [-0.25, -0.2) is 0 Å². The fraction of sp³-hybridized carbons (Fsp3) is 0.429. The third-order valence-corrected chi connectivity index (χ3v) is 3.74. The number of hydrogen-bond acceptors (Lipinski definition) is 3. The number of benzene rings is 1. The molecule has 0 bridgehead atoms. The minimum absolute atomic E-state index is 0.0215. The van der Waals surface area contributed by atoms with Crippen molar-refractivity contribution in [2.45, 2.75) is 30.7 Å². The predicted octanol–water partition coefficient (Wildman–Crippen LogP) is 1.25. The molecule has 2 amide bonds. The van der Waals surface area contributed by atoms with Gasteiger partial charge < -0.3 is 10.2 Å². The Morgan fingerprint density at radius 3 is 2.63 bits per heavy atom. The SMILES string of the molecule is CC1(C)C(=O)NCCN1C(=O)Cc1ccc(S)cc1. The minimum atomic E-state index is -0.779. The van der Waals surface area contributed by atoms with Crippen LogP contribution in [0.3, 0.4) is 0 Å². The number of nitrogens with zero attached hydrogens (tertiary/aromatic N) is 1. The summed E-state index contributed by atoms with van der Waals surface area (Å²) in [6.45, 7) is 4.62. The van der Waals surface area contributed by atoms with Crippen LogP contribution in [0.2, 0.25) is 0 Å². The summed E-state index contributed by atoms with van der Waals surface area (Å²) in [6.07, 6.45) is 0.310. The summed E-state index contributed by atoms with van der Waals surface area (Å²) in [5.74, 6) is -0.121. The molecule has 1 fully saturated rings. The first-order chi connectivity index (χ1) is 8.91. The molecular formula is C14H18N2O2S. The Morgan fingerprint density at radius 2 is 2.00 bits per heavy atom. The fourth-order valence-electron chi connectivity index (χ4n) is 2.22. The number of nitrogens with one attached hydrogen (secondary N) is 1. The average molecular weight is 278 g/mol. The molecule has 2 rings (SSSR count). The zero-order valence-electron chi connectivity index (χ0n) is 11.1. The predicted molar refractivity (Wildman–Crippen MR) is 76.2 cm³/mol. The van der Waals surface area contributed by atoms with Crippen molar-refractivity contribution < 1.29 is 9.59 Å². The lowest BCUT2D eigenvalue weighted by Crippen LogP contribution is -2.63. The quantitative estimate of drug-likeness (QED) is 0.800. The van der Waals surface area contributed by atoms with Crippen molar-refractivity contribution in [2.24, 2.45) is 0 Å². The molecule has 0 saturated carbocycles. The second-order valence-electron chi connectivity index (χ2n) is 5.20. The van der Waals surface area contributed by atoms with Gasteiger partial charge in [-0.1, -0.05) is 12.1 Å². The van der Waals surface area contributed by atoms with Crippen LogP contribution in [0.15, 0.2) is 29.2 Å². The van der Waals surface area contributed by atoms with Crippen molar-refractivity contribution in [2.75, 3.05) is 13.1 Å². The maximum absolute atomic E-state index is 12.3. The average Bonchev–Trinajstić information content (AvgIpc) is 2.35. The molecule has 1 N–H and O–H groups in total. The molecule has 1 aliphatic heterocycles. The number of hydrogen-bond donors (Lipinski definition) is 2. The molecule has 0 radical (unpaired) electrons. The molecule has 0 spiro atoms. The summed E-state index contributed by atoms with van der Waals surface area (Å²) in [4.78, 5) is 26.7. The third-order valence-electron chi connectivity index (χ3n) is 3.44. The highest BCUT2D eigenvalue weighted by atomic mass is 32.1. The van der Waals surface area contributed by atoms with Gasteiger partial charge in [0.25, 0.3) is 0 Å². The first-order valence-electron chi connectivity index (χ1n) is 6.28. The topological polar surface area (TPSA) is 49.4 Å². The van der Waals surface area contributed by atoms with E-state index in [1.165, 1.54) is 0 Å². The van der Waals surface area contributed by atoms with Crippen LogP contribution in [0.4, 0.5) is 0 Å². The molecule has 19 heavy (non-hydrogen) atoms. The van der Waals surface area contributed by atoms with Crippen molar-refractivity contribution in [1.29, 1.82) is 0 Å². The van der Waals surface area contributed by atoms with E-state index < -0.39 is 5.54 Å². The van der Waals surface area contributed by atoms with Gasteiger partial charge >= 0.3 is 0 Å². The van der Waals surface area contributed by atoms with E-state index in [1.807, 2.05) is 24.3 Å². The van der Waals surface area contributed by atoms with Crippen LogP contribution < -0.4 is 5.32 Å². The molecule has 1 heterocycles. The van der Waals surface area contributed by atoms with Crippen LogP contribution in [-0.2, 0) is 16.0 Å². The van der Waals surface area contributed by atoms with Crippen LogP contribution in [0.25, 0.3) is 0 Å². The third kappa shape index (κ3) is 2.92. The van der Waals surface area contributed by atoms with E-state index in [2.05, 4.69) is 17.9 Å². The Kier molecular flexibility index (Phi) is 3.85. The standard InChI is InChI=1S/C14H18N2O2S/c1-14(2)13(18)15-7-8-16(14)12(17)9-10-3-5-11(19)6-4-10/h3-6,19H,7-9H2,1-2H3,(H,15,18). The Hall–Kier alpha value is -1.49. The molecule has 0 aromatic heterocycles. The zero-order valence-corrected chi connectivity index (χ0v) is 12.0. The fourth-order valence-corrected chi connectivity index (χ4v) is 2.37. The molecule has 0 atom stereocenters. The van der Waals surface area contributed by atoms with Gasteiger partial charge in [-0.05, 0) is 31.5 Å².